The van der Waals surface area contributed by atoms with Crippen molar-refractivity contribution in [1.29, 1.82) is 0 Å². The van der Waals surface area contributed by atoms with E-state index in [9.17, 15) is 4.79 Å². The highest BCUT2D eigenvalue weighted by molar-refractivity contribution is 7.10. The first-order valence-electron chi connectivity index (χ1n) is 4.60. The van der Waals surface area contributed by atoms with E-state index in [0.29, 0.717) is 0 Å². The Balaban J connectivity index is 2.29. The van der Waals surface area contributed by atoms with Crippen LogP contribution in [0.25, 0.3) is 0 Å². The molecule has 0 saturated carbocycles. The molecule has 0 fully saturated rings. The summed E-state index contributed by atoms with van der Waals surface area (Å²) in [7, 11) is 0. The van der Waals surface area contributed by atoms with Crippen LogP contribution in [-0.2, 0) is 4.79 Å². The fraction of sp³-hybridized carbons (Fsp3) is 0.182. The molecule has 15 heavy (non-hydrogen) atoms. The van der Waals surface area contributed by atoms with E-state index in [1.165, 1.54) is 4.88 Å². The highest BCUT2D eigenvalue weighted by Crippen LogP contribution is 2.27. The van der Waals surface area contributed by atoms with Crippen LogP contribution in [0.1, 0.15) is 23.4 Å². The summed E-state index contributed by atoms with van der Waals surface area (Å²) in [6.45, 7) is 1.55. The van der Waals surface area contributed by atoms with Gasteiger partial charge in [0.1, 0.15) is 0 Å². The number of hydrogen-bond donors (Lipinski definition) is 1. The van der Waals surface area contributed by atoms with Crippen LogP contribution in [0, 0.1) is 0 Å². The lowest BCUT2D eigenvalue weighted by Gasteiger charge is -2.14. The van der Waals surface area contributed by atoms with Gasteiger partial charge in [-0.25, -0.2) is 0 Å². The number of amides is 1. The molecule has 0 unspecified atom stereocenters. The van der Waals surface area contributed by atoms with Gasteiger partial charge in [-0.2, -0.15) is 11.3 Å². The van der Waals surface area contributed by atoms with Crippen LogP contribution in [0.5, 0.6) is 0 Å². The molecule has 1 amide bonds. The fourth-order valence-corrected chi connectivity index (χ4v) is 2.91. The van der Waals surface area contributed by atoms with Crippen LogP contribution in [0.15, 0.2) is 34.3 Å². The van der Waals surface area contributed by atoms with Crippen LogP contribution < -0.4 is 5.32 Å². The van der Waals surface area contributed by atoms with Crippen molar-refractivity contribution in [2.75, 3.05) is 0 Å². The molecule has 78 valence electrons. The van der Waals surface area contributed by atoms with Crippen molar-refractivity contribution in [3.63, 3.8) is 0 Å². The molecule has 2 heterocycles. The molecule has 0 aliphatic heterocycles. The van der Waals surface area contributed by atoms with Crippen molar-refractivity contribution in [1.82, 2.24) is 5.32 Å². The third kappa shape index (κ3) is 2.46. The van der Waals surface area contributed by atoms with Crippen molar-refractivity contribution in [3.05, 3.63) is 44.8 Å². The molecule has 0 bridgehead atoms. The summed E-state index contributed by atoms with van der Waals surface area (Å²) in [5.41, 5.74) is 1.15. The van der Waals surface area contributed by atoms with E-state index >= 15 is 0 Å². The standard InChI is InChI=1S/C11H11NOS2/c1-8(13)12-11(9-4-6-14-7-9)10-3-2-5-15-10/h2-7,11H,1H3,(H,12,13)/t11-/m1/s1. The molecule has 2 nitrogen and oxygen atoms in total. The molecule has 2 rings (SSSR count). The quantitative estimate of drug-likeness (QED) is 0.873. The number of rotatable bonds is 3. The van der Waals surface area contributed by atoms with Crippen molar-refractivity contribution in [2.45, 2.75) is 13.0 Å². The highest BCUT2D eigenvalue weighted by Gasteiger charge is 2.15. The zero-order chi connectivity index (χ0) is 10.7. The molecule has 0 aliphatic carbocycles. The minimum Gasteiger partial charge on any atom is -0.345 e. The Morgan fingerprint density at radius 1 is 1.40 bits per heavy atom. The Morgan fingerprint density at radius 2 is 2.27 bits per heavy atom. The van der Waals surface area contributed by atoms with Crippen LogP contribution in [0.4, 0.5) is 0 Å². The van der Waals surface area contributed by atoms with Gasteiger partial charge in [0.15, 0.2) is 0 Å². The minimum atomic E-state index is -0.000370. The van der Waals surface area contributed by atoms with Gasteiger partial charge < -0.3 is 5.32 Å². The summed E-state index contributed by atoms with van der Waals surface area (Å²) in [6.07, 6.45) is 0. The molecule has 2 aromatic heterocycles. The molecule has 0 saturated heterocycles. The van der Waals surface area contributed by atoms with Crippen molar-refractivity contribution in [2.24, 2.45) is 0 Å². The highest BCUT2D eigenvalue weighted by atomic mass is 32.1. The van der Waals surface area contributed by atoms with Crippen LogP contribution >= 0.6 is 22.7 Å². The van der Waals surface area contributed by atoms with Crippen LogP contribution in [-0.4, -0.2) is 5.91 Å². The third-order valence-corrected chi connectivity index (χ3v) is 3.69. The monoisotopic (exact) mass is 237 g/mol. The molecular weight excluding hydrogens is 226 g/mol. The molecular formula is C11H11NOS2. The van der Waals surface area contributed by atoms with Crippen LogP contribution in [0.3, 0.4) is 0 Å². The normalized spacial score (nSPS) is 12.3. The summed E-state index contributed by atoms with van der Waals surface area (Å²) in [6, 6.07) is 6.10. The van der Waals surface area contributed by atoms with E-state index in [1.54, 1.807) is 29.6 Å². The maximum absolute atomic E-state index is 11.1. The maximum atomic E-state index is 11.1. The molecule has 1 atom stereocenters. The van der Waals surface area contributed by atoms with Crippen LogP contribution in [0.2, 0.25) is 0 Å². The van der Waals surface area contributed by atoms with E-state index in [2.05, 4.69) is 10.7 Å². The number of carbonyl (C=O) groups is 1. The predicted molar refractivity (Wildman–Crippen MR) is 64.3 cm³/mol. The van der Waals surface area contributed by atoms with Crippen molar-refractivity contribution >= 4 is 28.6 Å². The molecule has 0 aliphatic rings. The Morgan fingerprint density at radius 3 is 2.80 bits per heavy atom. The van der Waals surface area contributed by atoms with E-state index in [4.69, 9.17) is 0 Å². The molecule has 2 aromatic rings. The second-order valence-electron chi connectivity index (χ2n) is 3.21. The number of thiophene rings is 2. The lowest BCUT2D eigenvalue weighted by Crippen LogP contribution is -2.25. The Kier molecular flexibility index (Phi) is 3.18. The van der Waals surface area contributed by atoms with E-state index < -0.39 is 0 Å². The van der Waals surface area contributed by atoms with Gasteiger partial charge in [0.2, 0.25) is 5.91 Å². The smallest absolute Gasteiger partial charge is 0.217 e. The number of nitrogens with one attached hydrogen (secondary N) is 1. The zero-order valence-corrected chi connectivity index (χ0v) is 9.90. The number of carbonyl (C=O) groups excluding carboxylic acids is 1. The molecule has 0 radical (unpaired) electrons. The van der Waals surface area contributed by atoms with Gasteiger partial charge in [0, 0.05) is 11.8 Å². The van der Waals surface area contributed by atoms with E-state index in [1.807, 2.05) is 29.0 Å². The first-order chi connectivity index (χ1) is 7.27. The van der Waals surface area contributed by atoms with E-state index in [-0.39, 0.29) is 11.9 Å². The van der Waals surface area contributed by atoms with Gasteiger partial charge in [-0.05, 0) is 33.8 Å². The summed E-state index contributed by atoms with van der Waals surface area (Å²) >= 11 is 3.31. The fourth-order valence-electron chi connectivity index (χ4n) is 1.42. The molecule has 1 N–H and O–H groups in total. The second-order valence-corrected chi connectivity index (χ2v) is 4.96. The van der Waals surface area contributed by atoms with Gasteiger partial charge in [-0.3, -0.25) is 4.79 Å². The van der Waals surface area contributed by atoms with E-state index in [0.717, 1.165) is 5.56 Å². The average molecular weight is 237 g/mol. The number of hydrogen-bond acceptors (Lipinski definition) is 3. The largest absolute Gasteiger partial charge is 0.345 e. The molecule has 0 spiro atoms. The maximum Gasteiger partial charge on any atom is 0.217 e. The lowest BCUT2D eigenvalue weighted by molar-refractivity contribution is -0.119. The summed E-state index contributed by atoms with van der Waals surface area (Å²) < 4.78 is 0. The third-order valence-electron chi connectivity index (χ3n) is 2.05. The first kappa shape index (κ1) is 10.4. The van der Waals surface area contributed by atoms with Gasteiger partial charge in [0.25, 0.3) is 0 Å². The minimum absolute atomic E-state index is 0.000370. The first-order valence-corrected chi connectivity index (χ1v) is 6.42. The SMILES string of the molecule is CC(=O)N[C@H](c1ccsc1)c1cccs1. The van der Waals surface area contributed by atoms with Crippen molar-refractivity contribution in [3.8, 4) is 0 Å². The van der Waals surface area contributed by atoms with Crippen molar-refractivity contribution < 1.29 is 4.79 Å². The van der Waals surface area contributed by atoms with Gasteiger partial charge in [0.05, 0.1) is 6.04 Å². The predicted octanol–water partition coefficient (Wildman–Crippen LogP) is 3.04. The second kappa shape index (κ2) is 4.59. The zero-order valence-electron chi connectivity index (χ0n) is 8.27. The average Bonchev–Trinajstić information content (AvgIpc) is 2.87. The van der Waals surface area contributed by atoms with Gasteiger partial charge in [-0.1, -0.05) is 6.07 Å². The molecule has 0 aromatic carbocycles. The lowest BCUT2D eigenvalue weighted by atomic mass is 10.1. The summed E-state index contributed by atoms with van der Waals surface area (Å²) in [5.74, 6) is -0.000370. The summed E-state index contributed by atoms with van der Waals surface area (Å²) in [4.78, 5) is 12.3. The van der Waals surface area contributed by atoms with Gasteiger partial charge >= 0.3 is 0 Å². The molecule has 4 heteroatoms. The Hall–Kier alpha value is -1.13. The Labute approximate surface area is 96.6 Å². The summed E-state index contributed by atoms with van der Waals surface area (Å²) in [5, 5.41) is 9.08. The Bertz CT molecular complexity index is 385. The topological polar surface area (TPSA) is 29.1 Å². The van der Waals surface area contributed by atoms with Gasteiger partial charge in [-0.15, -0.1) is 11.3 Å².